The molecule has 0 aliphatic heterocycles. The highest BCUT2D eigenvalue weighted by Crippen LogP contribution is 2.20. The van der Waals surface area contributed by atoms with Crippen LogP contribution in [0.3, 0.4) is 0 Å². The molecule has 7 heteroatoms. The van der Waals surface area contributed by atoms with Crippen LogP contribution in [0.5, 0.6) is 0 Å². The van der Waals surface area contributed by atoms with Gasteiger partial charge in [-0.15, -0.1) is 0 Å². The molecule has 0 atom stereocenters. The molecule has 0 unspecified atom stereocenters. The van der Waals surface area contributed by atoms with Crippen LogP contribution in [0.15, 0.2) is 0 Å². The maximum absolute atomic E-state index is 5.82. The van der Waals surface area contributed by atoms with Gasteiger partial charge in [-0.1, -0.05) is 12.8 Å². The van der Waals surface area contributed by atoms with Crippen molar-refractivity contribution in [2.45, 2.75) is 38.7 Å². The average Bonchev–Trinajstić information content (AvgIpc) is 2.97. The first-order valence-electron chi connectivity index (χ1n) is 7.71. The number of nitrogens with one attached hydrogen (secondary N) is 2. The normalized spacial score (nSPS) is 15.2. The molecule has 1 aliphatic carbocycles. The van der Waals surface area contributed by atoms with Crippen molar-refractivity contribution in [1.82, 2.24) is 15.0 Å². The average molecular weight is 294 g/mol. The molecule has 1 aromatic heterocycles. The Morgan fingerprint density at radius 2 is 1.76 bits per heavy atom. The minimum atomic E-state index is 0.444. The van der Waals surface area contributed by atoms with Gasteiger partial charge < -0.3 is 20.3 Å². The number of hydrogen-bond donors (Lipinski definition) is 2. The third kappa shape index (κ3) is 5.00. The van der Waals surface area contributed by atoms with Crippen LogP contribution in [-0.4, -0.2) is 54.8 Å². The molecular weight excluding hydrogens is 268 g/mol. The van der Waals surface area contributed by atoms with E-state index in [9.17, 15) is 0 Å². The van der Waals surface area contributed by atoms with Crippen molar-refractivity contribution >= 4 is 17.8 Å². The van der Waals surface area contributed by atoms with Crippen molar-refractivity contribution in [1.29, 1.82) is 0 Å². The summed E-state index contributed by atoms with van der Waals surface area (Å²) in [6.45, 7) is 4.19. The van der Waals surface area contributed by atoms with E-state index in [1.807, 2.05) is 25.9 Å². The van der Waals surface area contributed by atoms with Crippen molar-refractivity contribution in [3.8, 4) is 0 Å². The third-order valence-corrected chi connectivity index (χ3v) is 3.40. The Balaban J connectivity index is 1.85. The molecule has 7 nitrogen and oxygen atoms in total. The molecule has 1 aromatic rings. The lowest BCUT2D eigenvalue weighted by molar-refractivity contribution is 0.0658. The zero-order chi connectivity index (χ0) is 15.1. The van der Waals surface area contributed by atoms with Crippen molar-refractivity contribution in [3.63, 3.8) is 0 Å². The zero-order valence-corrected chi connectivity index (χ0v) is 13.2. The lowest BCUT2D eigenvalue weighted by Gasteiger charge is -2.14. The summed E-state index contributed by atoms with van der Waals surface area (Å²) in [7, 11) is 3.83. The van der Waals surface area contributed by atoms with Crippen LogP contribution >= 0.6 is 0 Å². The van der Waals surface area contributed by atoms with Crippen LogP contribution in [0.4, 0.5) is 17.8 Å². The number of anilines is 3. The number of aromatic nitrogens is 3. The first kappa shape index (κ1) is 15.8. The highest BCUT2D eigenvalue weighted by molar-refractivity contribution is 5.42. The summed E-state index contributed by atoms with van der Waals surface area (Å²) < 4.78 is 5.82. The number of nitrogens with zero attached hydrogens (tertiary/aromatic N) is 4. The number of ether oxygens (including phenoxy) is 1. The molecule has 1 heterocycles. The second-order valence-corrected chi connectivity index (χ2v) is 5.41. The third-order valence-electron chi connectivity index (χ3n) is 3.40. The van der Waals surface area contributed by atoms with E-state index in [0.717, 1.165) is 6.54 Å². The summed E-state index contributed by atoms with van der Waals surface area (Å²) in [5.41, 5.74) is 0. The maximum Gasteiger partial charge on any atom is 0.231 e. The SMILES string of the molecule is CCNc1nc(NCCOC2CCCC2)nc(N(C)C)n1. The molecule has 21 heavy (non-hydrogen) atoms. The van der Waals surface area contributed by atoms with Crippen LogP contribution in [-0.2, 0) is 4.74 Å². The highest BCUT2D eigenvalue weighted by atomic mass is 16.5. The molecule has 1 fully saturated rings. The van der Waals surface area contributed by atoms with Crippen molar-refractivity contribution in [3.05, 3.63) is 0 Å². The zero-order valence-electron chi connectivity index (χ0n) is 13.2. The molecule has 118 valence electrons. The van der Waals surface area contributed by atoms with E-state index in [4.69, 9.17) is 4.74 Å². The van der Waals surface area contributed by atoms with Gasteiger partial charge >= 0.3 is 0 Å². The smallest absolute Gasteiger partial charge is 0.231 e. The lowest BCUT2D eigenvalue weighted by atomic mass is 10.3. The Kier molecular flexibility index (Phi) is 5.98. The fraction of sp³-hybridized carbons (Fsp3) is 0.786. The van der Waals surface area contributed by atoms with Crippen LogP contribution < -0.4 is 15.5 Å². The van der Waals surface area contributed by atoms with E-state index in [1.165, 1.54) is 25.7 Å². The van der Waals surface area contributed by atoms with E-state index in [0.29, 0.717) is 37.1 Å². The van der Waals surface area contributed by atoms with Crippen LogP contribution in [0.1, 0.15) is 32.6 Å². The molecule has 1 aliphatic rings. The van der Waals surface area contributed by atoms with Crippen LogP contribution in [0, 0.1) is 0 Å². The highest BCUT2D eigenvalue weighted by Gasteiger charge is 2.14. The lowest BCUT2D eigenvalue weighted by Crippen LogP contribution is -2.19. The molecule has 0 spiro atoms. The first-order chi connectivity index (χ1) is 10.2. The summed E-state index contributed by atoms with van der Waals surface area (Å²) >= 11 is 0. The van der Waals surface area contributed by atoms with Crippen LogP contribution in [0.2, 0.25) is 0 Å². The van der Waals surface area contributed by atoms with Gasteiger partial charge in [-0.05, 0) is 19.8 Å². The first-order valence-corrected chi connectivity index (χ1v) is 7.71. The van der Waals surface area contributed by atoms with Gasteiger partial charge in [-0.25, -0.2) is 0 Å². The Hall–Kier alpha value is -1.63. The number of hydrogen-bond acceptors (Lipinski definition) is 7. The summed E-state index contributed by atoms with van der Waals surface area (Å²) in [5.74, 6) is 1.82. The van der Waals surface area contributed by atoms with E-state index in [-0.39, 0.29) is 0 Å². The summed E-state index contributed by atoms with van der Waals surface area (Å²) in [6.07, 6.45) is 5.43. The molecule has 0 aromatic carbocycles. The standard InChI is InChI=1S/C14H26N6O/c1-4-15-12-17-13(19-14(18-12)20(2)3)16-9-10-21-11-7-5-6-8-11/h11H,4-10H2,1-3H3,(H2,15,16,17,18,19). The molecular formula is C14H26N6O. The van der Waals surface area contributed by atoms with Gasteiger partial charge in [0, 0.05) is 27.2 Å². The molecule has 2 rings (SSSR count). The number of rotatable bonds is 8. The Labute approximate surface area is 126 Å². The van der Waals surface area contributed by atoms with Crippen molar-refractivity contribution in [2.75, 3.05) is 49.3 Å². The van der Waals surface area contributed by atoms with Gasteiger partial charge in [-0.2, -0.15) is 15.0 Å². The quantitative estimate of drug-likeness (QED) is 0.707. The summed E-state index contributed by atoms with van der Waals surface area (Å²) in [5, 5.41) is 6.33. The molecule has 0 radical (unpaired) electrons. The minimum Gasteiger partial charge on any atom is -0.376 e. The monoisotopic (exact) mass is 294 g/mol. The largest absolute Gasteiger partial charge is 0.376 e. The summed E-state index contributed by atoms with van der Waals surface area (Å²) in [6, 6.07) is 0. The van der Waals surface area contributed by atoms with E-state index in [1.54, 1.807) is 0 Å². The van der Waals surface area contributed by atoms with Crippen molar-refractivity contribution < 1.29 is 4.74 Å². The van der Waals surface area contributed by atoms with Gasteiger partial charge in [-0.3, -0.25) is 0 Å². The second-order valence-electron chi connectivity index (χ2n) is 5.41. The van der Waals surface area contributed by atoms with E-state index >= 15 is 0 Å². The Morgan fingerprint density at radius 3 is 2.38 bits per heavy atom. The fourth-order valence-corrected chi connectivity index (χ4v) is 2.32. The topological polar surface area (TPSA) is 75.2 Å². The van der Waals surface area contributed by atoms with Gasteiger partial charge in [0.05, 0.1) is 12.7 Å². The predicted molar refractivity (Wildman–Crippen MR) is 85.0 cm³/mol. The Bertz CT molecular complexity index is 433. The van der Waals surface area contributed by atoms with E-state index < -0.39 is 0 Å². The van der Waals surface area contributed by atoms with Gasteiger partial charge in [0.15, 0.2) is 0 Å². The maximum atomic E-state index is 5.82. The van der Waals surface area contributed by atoms with Crippen LogP contribution in [0.25, 0.3) is 0 Å². The minimum absolute atomic E-state index is 0.444. The van der Waals surface area contributed by atoms with Crippen molar-refractivity contribution in [2.24, 2.45) is 0 Å². The van der Waals surface area contributed by atoms with Gasteiger partial charge in [0.2, 0.25) is 17.8 Å². The Morgan fingerprint density at radius 1 is 1.10 bits per heavy atom. The molecule has 1 saturated carbocycles. The molecule has 0 saturated heterocycles. The van der Waals surface area contributed by atoms with E-state index in [2.05, 4.69) is 25.6 Å². The molecule has 0 bridgehead atoms. The predicted octanol–water partition coefficient (Wildman–Crippen LogP) is 1.74. The molecule has 2 N–H and O–H groups in total. The second kappa shape index (κ2) is 7.97. The van der Waals surface area contributed by atoms with Gasteiger partial charge in [0.1, 0.15) is 0 Å². The fourth-order valence-electron chi connectivity index (χ4n) is 2.32. The van der Waals surface area contributed by atoms with Gasteiger partial charge in [0.25, 0.3) is 0 Å². The summed E-state index contributed by atoms with van der Waals surface area (Å²) in [4.78, 5) is 14.9. The molecule has 0 amide bonds.